The van der Waals surface area contributed by atoms with Gasteiger partial charge >= 0.3 is 7.94 Å². The molecule has 0 unspecified atom stereocenters. The standard InChI is InChI=1S/C18H27N7O3P/c26-25(27)16-7-8-18-17(15-16)19-20-24(18)28-29(21-9-1-2-10-21,22-11-3-4-12-22)23-13-5-6-14-23/h7-8,15H,1-6,9-14H2/q+1. The number of fused-ring (bicyclic) bond motifs is 1. The summed E-state index contributed by atoms with van der Waals surface area (Å²) in [6.07, 6.45) is 7.15. The predicted molar refractivity (Wildman–Crippen MR) is 110 cm³/mol. The third kappa shape index (κ3) is 3.28. The van der Waals surface area contributed by atoms with Gasteiger partial charge in [0.05, 0.1) is 4.92 Å². The number of hydrogen-bond acceptors (Lipinski definition) is 8. The molecule has 3 fully saturated rings. The van der Waals surface area contributed by atoms with Gasteiger partial charge in [0, 0.05) is 51.4 Å². The van der Waals surface area contributed by atoms with Gasteiger partial charge in [-0.25, -0.2) is 0 Å². The first-order chi connectivity index (χ1) is 14.2. The summed E-state index contributed by atoms with van der Waals surface area (Å²) >= 11 is 0. The molecule has 4 heterocycles. The molecule has 3 aliphatic heterocycles. The molecule has 0 bridgehead atoms. The average molecular weight is 420 g/mol. The van der Waals surface area contributed by atoms with Gasteiger partial charge in [-0.3, -0.25) is 10.1 Å². The Labute approximate surface area is 170 Å². The molecule has 0 aliphatic carbocycles. The van der Waals surface area contributed by atoms with Gasteiger partial charge in [-0.2, -0.15) is 4.62 Å². The highest BCUT2D eigenvalue weighted by Crippen LogP contribution is 2.68. The van der Waals surface area contributed by atoms with Crippen LogP contribution >= 0.6 is 7.94 Å². The molecule has 3 saturated heterocycles. The number of non-ortho nitro benzene ring substituents is 1. The van der Waals surface area contributed by atoms with Crippen molar-refractivity contribution in [3.8, 4) is 0 Å². The zero-order valence-electron chi connectivity index (χ0n) is 16.5. The van der Waals surface area contributed by atoms with Gasteiger partial charge in [0.2, 0.25) is 0 Å². The smallest absolute Gasteiger partial charge is 0.258 e. The third-order valence-corrected chi connectivity index (χ3v) is 9.93. The Bertz CT molecular complexity index is 848. The van der Waals surface area contributed by atoms with E-state index in [0.717, 1.165) is 39.3 Å². The van der Waals surface area contributed by atoms with Crippen LogP contribution in [0.4, 0.5) is 5.69 Å². The summed E-state index contributed by atoms with van der Waals surface area (Å²) in [5, 5.41) is 19.5. The second-order valence-electron chi connectivity index (χ2n) is 7.97. The maximum Gasteiger partial charge on any atom is 0.451 e. The fraction of sp³-hybridized carbons (Fsp3) is 0.667. The highest BCUT2D eigenvalue weighted by Gasteiger charge is 2.63. The summed E-state index contributed by atoms with van der Waals surface area (Å²) in [6.45, 7) is 6.24. The van der Waals surface area contributed by atoms with Crippen molar-refractivity contribution in [1.29, 1.82) is 0 Å². The number of aromatic nitrogens is 3. The van der Waals surface area contributed by atoms with Crippen LogP contribution in [0.2, 0.25) is 0 Å². The maximum absolute atomic E-state index is 11.1. The summed E-state index contributed by atoms with van der Waals surface area (Å²) in [6, 6.07) is 4.65. The summed E-state index contributed by atoms with van der Waals surface area (Å²) in [5.41, 5.74) is 1.18. The molecule has 10 nitrogen and oxygen atoms in total. The molecule has 0 N–H and O–H groups in total. The monoisotopic (exact) mass is 420 g/mol. The van der Waals surface area contributed by atoms with Gasteiger partial charge in [0.15, 0.2) is 0 Å². The van der Waals surface area contributed by atoms with E-state index in [1.807, 2.05) is 0 Å². The molecule has 5 rings (SSSR count). The molecule has 2 aromatic rings. The van der Waals surface area contributed by atoms with Crippen LogP contribution in [0.1, 0.15) is 38.5 Å². The number of rotatable bonds is 6. The summed E-state index contributed by atoms with van der Waals surface area (Å²) < 4.78 is 14.5. The maximum atomic E-state index is 11.1. The molecule has 1 aromatic heterocycles. The van der Waals surface area contributed by atoms with Crippen LogP contribution in [-0.2, 0) is 0 Å². The Hall–Kier alpha value is -1.87. The van der Waals surface area contributed by atoms with E-state index in [2.05, 4.69) is 24.3 Å². The van der Waals surface area contributed by atoms with Gasteiger partial charge in [-0.1, -0.05) is 0 Å². The molecule has 156 valence electrons. The number of nitro groups is 1. The first-order valence-electron chi connectivity index (χ1n) is 10.5. The van der Waals surface area contributed by atoms with Crippen LogP contribution in [0.3, 0.4) is 0 Å². The normalized spacial score (nSPS) is 22.1. The van der Waals surface area contributed by atoms with E-state index in [0.29, 0.717) is 11.0 Å². The van der Waals surface area contributed by atoms with E-state index in [-0.39, 0.29) is 5.69 Å². The summed E-state index contributed by atoms with van der Waals surface area (Å²) in [4.78, 5) is 12.2. The molecular weight excluding hydrogens is 393 g/mol. The predicted octanol–water partition coefficient (Wildman–Crippen LogP) is 2.73. The van der Waals surface area contributed by atoms with Crippen molar-refractivity contribution in [2.24, 2.45) is 0 Å². The van der Waals surface area contributed by atoms with E-state index in [9.17, 15) is 10.1 Å². The number of nitro benzene ring substituents is 1. The quantitative estimate of drug-likeness (QED) is 0.400. The molecule has 1 aromatic carbocycles. The van der Waals surface area contributed by atoms with Gasteiger partial charge < -0.3 is 0 Å². The average Bonchev–Trinajstić information content (AvgIpc) is 3.54. The van der Waals surface area contributed by atoms with Gasteiger partial charge in [0.25, 0.3) is 5.69 Å². The lowest BCUT2D eigenvalue weighted by molar-refractivity contribution is -0.384. The zero-order valence-corrected chi connectivity index (χ0v) is 17.4. The Kier molecular flexibility index (Phi) is 5.11. The van der Waals surface area contributed by atoms with Crippen LogP contribution in [0.5, 0.6) is 0 Å². The van der Waals surface area contributed by atoms with Crippen LogP contribution in [0.15, 0.2) is 18.2 Å². The van der Waals surface area contributed by atoms with Crippen molar-refractivity contribution < 1.29 is 9.55 Å². The van der Waals surface area contributed by atoms with E-state index >= 15 is 0 Å². The van der Waals surface area contributed by atoms with Crippen LogP contribution in [-0.4, -0.2) is 73.4 Å². The first kappa shape index (κ1) is 19.1. The van der Waals surface area contributed by atoms with Gasteiger partial charge in [0.1, 0.15) is 11.0 Å². The van der Waals surface area contributed by atoms with E-state index in [4.69, 9.17) is 4.62 Å². The molecule has 0 amide bonds. The van der Waals surface area contributed by atoms with Crippen molar-refractivity contribution in [1.82, 2.24) is 29.2 Å². The third-order valence-electron chi connectivity index (χ3n) is 6.15. The molecule has 0 atom stereocenters. The molecule has 0 spiro atoms. The number of hydrogen-bond donors (Lipinski definition) is 0. The van der Waals surface area contributed by atoms with Gasteiger partial charge in [-0.15, -0.1) is 19.1 Å². The van der Waals surface area contributed by atoms with E-state index in [1.165, 1.54) is 55.5 Å². The Balaban J connectivity index is 1.57. The largest absolute Gasteiger partial charge is 0.451 e. The second-order valence-corrected chi connectivity index (χ2v) is 10.9. The van der Waals surface area contributed by atoms with Crippen molar-refractivity contribution in [2.75, 3.05) is 39.3 Å². The fourth-order valence-corrected chi connectivity index (χ4v) is 8.87. The van der Waals surface area contributed by atoms with Crippen LogP contribution in [0.25, 0.3) is 11.0 Å². The van der Waals surface area contributed by atoms with Crippen molar-refractivity contribution in [3.05, 3.63) is 28.3 Å². The summed E-state index contributed by atoms with van der Waals surface area (Å²) in [7, 11) is -2.24. The molecule has 3 aliphatic rings. The minimum Gasteiger partial charge on any atom is -0.258 e. The van der Waals surface area contributed by atoms with Crippen LogP contribution in [0, 0.1) is 10.1 Å². The summed E-state index contributed by atoms with van der Waals surface area (Å²) in [5.74, 6) is 0. The number of nitrogens with zero attached hydrogens (tertiary/aromatic N) is 7. The van der Waals surface area contributed by atoms with Crippen molar-refractivity contribution in [2.45, 2.75) is 38.5 Å². The molecule has 11 heteroatoms. The fourth-order valence-electron chi connectivity index (χ4n) is 4.74. The lowest BCUT2D eigenvalue weighted by Gasteiger charge is -2.39. The first-order valence-corrected chi connectivity index (χ1v) is 12.1. The Morgan fingerprint density at radius 2 is 1.41 bits per heavy atom. The Morgan fingerprint density at radius 1 is 0.897 bits per heavy atom. The van der Waals surface area contributed by atoms with Crippen molar-refractivity contribution in [3.63, 3.8) is 0 Å². The minimum atomic E-state index is -2.24. The SMILES string of the molecule is O=[N+]([O-])c1ccc2c(c1)nnn2O[P+](N1CCCC1)(N1CCCC1)N1CCCC1. The zero-order chi connectivity index (χ0) is 19.8. The van der Waals surface area contributed by atoms with E-state index in [1.54, 1.807) is 6.07 Å². The lowest BCUT2D eigenvalue weighted by Crippen LogP contribution is -2.47. The molecule has 0 radical (unpaired) electrons. The van der Waals surface area contributed by atoms with Gasteiger partial charge in [-0.05, 0) is 54.6 Å². The highest BCUT2D eigenvalue weighted by atomic mass is 31.2. The van der Waals surface area contributed by atoms with Crippen LogP contribution < -0.4 is 4.62 Å². The molecule has 0 saturated carbocycles. The minimum absolute atomic E-state index is 0.0178. The Morgan fingerprint density at radius 3 is 1.90 bits per heavy atom. The molecular formula is C18H27N7O3P+. The highest BCUT2D eigenvalue weighted by molar-refractivity contribution is 7.64. The van der Waals surface area contributed by atoms with E-state index < -0.39 is 12.9 Å². The molecule has 29 heavy (non-hydrogen) atoms. The topological polar surface area (TPSA) is 92.8 Å². The number of benzene rings is 1. The van der Waals surface area contributed by atoms with Crippen molar-refractivity contribution >= 4 is 24.7 Å². The second kappa shape index (κ2) is 7.75. The lowest BCUT2D eigenvalue weighted by atomic mass is 10.3.